The summed E-state index contributed by atoms with van der Waals surface area (Å²) in [4.78, 5) is 11.8. The molecule has 2 saturated carbocycles. The average molecular weight is 162 g/mol. The molecule has 0 aromatic heterocycles. The second kappa shape index (κ2) is 2.21. The van der Waals surface area contributed by atoms with Crippen molar-refractivity contribution in [2.75, 3.05) is 0 Å². The zero-order valence-electron chi connectivity index (χ0n) is 7.25. The van der Waals surface area contributed by atoms with Gasteiger partial charge in [0, 0.05) is 5.92 Å². The van der Waals surface area contributed by atoms with Gasteiger partial charge < -0.3 is 0 Å². The highest BCUT2D eigenvalue weighted by molar-refractivity contribution is 6.01. The van der Waals surface area contributed by atoms with E-state index < -0.39 is 0 Å². The van der Waals surface area contributed by atoms with Crippen LogP contribution in [-0.4, -0.2) is 5.78 Å². The van der Waals surface area contributed by atoms with Crippen molar-refractivity contribution >= 4 is 5.78 Å². The lowest BCUT2D eigenvalue weighted by molar-refractivity contribution is -0.118. The van der Waals surface area contributed by atoms with Gasteiger partial charge in [0.15, 0.2) is 5.78 Å². The molecule has 0 radical (unpaired) electrons. The number of allylic oxidation sites excluding steroid dienone is 2. The van der Waals surface area contributed by atoms with Crippen LogP contribution in [0.4, 0.5) is 0 Å². The van der Waals surface area contributed by atoms with Gasteiger partial charge in [0.05, 0.1) is 0 Å². The van der Waals surface area contributed by atoms with E-state index in [9.17, 15) is 4.79 Å². The van der Waals surface area contributed by atoms with Gasteiger partial charge in [-0.25, -0.2) is 0 Å². The molecular formula is C11H14O. The molecular weight excluding hydrogens is 148 g/mol. The number of ketones is 1. The quantitative estimate of drug-likeness (QED) is 0.534. The zero-order chi connectivity index (χ0) is 8.13. The first-order valence-electron chi connectivity index (χ1n) is 5.12. The maximum absolute atomic E-state index is 11.8. The molecule has 3 atom stereocenters. The molecule has 0 heterocycles. The van der Waals surface area contributed by atoms with E-state index in [0.717, 1.165) is 12.3 Å². The lowest BCUT2D eigenvalue weighted by Gasteiger charge is -2.13. The third-order valence-electron chi connectivity index (χ3n) is 3.95. The Balaban J connectivity index is 2.02. The van der Waals surface area contributed by atoms with E-state index in [1.165, 1.54) is 31.3 Å². The van der Waals surface area contributed by atoms with Crippen LogP contribution < -0.4 is 0 Å². The Morgan fingerprint density at radius 3 is 3.00 bits per heavy atom. The first-order chi connectivity index (χ1) is 5.88. The summed E-state index contributed by atoms with van der Waals surface area (Å²) in [6.07, 6.45) is 8.42. The summed E-state index contributed by atoms with van der Waals surface area (Å²) in [6, 6.07) is 0. The Morgan fingerprint density at radius 1 is 1.17 bits per heavy atom. The number of rotatable bonds is 0. The summed E-state index contributed by atoms with van der Waals surface area (Å²) in [5.41, 5.74) is 1.21. The first kappa shape index (κ1) is 6.88. The Hall–Kier alpha value is -0.590. The first-order valence-corrected chi connectivity index (χ1v) is 5.12. The van der Waals surface area contributed by atoms with E-state index in [1.807, 2.05) is 0 Å². The molecule has 3 aliphatic rings. The Bertz CT molecular complexity index is 264. The van der Waals surface area contributed by atoms with Gasteiger partial charge in [0.1, 0.15) is 0 Å². The van der Waals surface area contributed by atoms with E-state index in [1.54, 1.807) is 0 Å². The van der Waals surface area contributed by atoms with Gasteiger partial charge in [-0.05, 0) is 43.1 Å². The minimum absolute atomic E-state index is 0.446. The van der Waals surface area contributed by atoms with Gasteiger partial charge in [-0.3, -0.25) is 4.79 Å². The molecule has 1 heteroatoms. The maximum atomic E-state index is 11.8. The molecule has 2 fully saturated rings. The molecule has 3 aliphatic carbocycles. The molecule has 0 saturated heterocycles. The standard InChI is InChI=1S/C11H14O/c12-11-9-5-1-3-7(9)8-4-2-6-10(8)11/h5,7-8,10H,1-4,6H2/t7?,8-,10-/m0/s1. The van der Waals surface area contributed by atoms with Gasteiger partial charge in [0.25, 0.3) is 0 Å². The second-order valence-corrected chi connectivity index (χ2v) is 4.41. The van der Waals surface area contributed by atoms with E-state index in [-0.39, 0.29) is 0 Å². The summed E-state index contributed by atoms with van der Waals surface area (Å²) in [5, 5.41) is 0. The van der Waals surface area contributed by atoms with E-state index in [2.05, 4.69) is 6.08 Å². The van der Waals surface area contributed by atoms with Crippen LogP contribution in [0.1, 0.15) is 32.1 Å². The maximum Gasteiger partial charge on any atom is 0.162 e. The van der Waals surface area contributed by atoms with Crippen molar-refractivity contribution in [3.63, 3.8) is 0 Å². The summed E-state index contributed by atoms with van der Waals surface area (Å²) in [5.74, 6) is 2.40. The molecule has 0 aromatic rings. The lowest BCUT2D eigenvalue weighted by atomic mass is 9.90. The smallest absolute Gasteiger partial charge is 0.162 e. The molecule has 0 spiro atoms. The summed E-state index contributed by atoms with van der Waals surface area (Å²) in [6.45, 7) is 0. The fourth-order valence-electron chi connectivity index (χ4n) is 3.46. The normalized spacial score (nSPS) is 44.5. The van der Waals surface area contributed by atoms with Crippen molar-refractivity contribution in [3.05, 3.63) is 11.6 Å². The minimum Gasteiger partial charge on any atom is -0.294 e. The number of fused-ring (bicyclic) bond motifs is 3. The van der Waals surface area contributed by atoms with Crippen molar-refractivity contribution in [1.29, 1.82) is 0 Å². The van der Waals surface area contributed by atoms with Crippen LogP contribution in [0.3, 0.4) is 0 Å². The Kier molecular flexibility index (Phi) is 1.27. The molecule has 0 bridgehead atoms. The molecule has 3 rings (SSSR count). The average Bonchev–Trinajstić information content (AvgIpc) is 2.72. The molecule has 64 valence electrons. The Labute approximate surface area is 72.8 Å². The van der Waals surface area contributed by atoms with Crippen molar-refractivity contribution in [3.8, 4) is 0 Å². The topological polar surface area (TPSA) is 17.1 Å². The molecule has 0 aliphatic heterocycles. The fourth-order valence-corrected chi connectivity index (χ4v) is 3.46. The van der Waals surface area contributed by atoms with Crippen LogP contribution in [0.25, 0.3) is 0 Å². The lowest BCUT2D eigenvalue weighted by Crippen LogP contribution is -2.10. The second-order valence-electron chi connectivity index (χ2n) is 4.41. The van der Waals surface area contributed by atoms with Gasteiger partial charge in [0.2, 0.25) is 0 Å². The number of Topliss-reactive ketones (excluding diaryl/α,β-unsaturated/α-hetero) is 1. The highest BCUT2D eigenvalue weighted by atomic mass is 16.1. The molecule has 0 N–H and O–H groups in total. The van der Waals surface area contributed by atoms with Crippen molar-refractivity contribution in [1.82, 2.24) is 0 Å². The van der Waals surface area contributed by atoms with Gasteiger partial charge in [-0.1, -0.05) is 12.5 Å². The highest BCUT2D eigenvalue weighted by Gasteiger charge is 2.48. The van der Waals surface area contributed by atoms with Crippen LogP contribution in [-0.2, 0) is 4.79 Å². The van der Waals surface area contributed by atoms with Crippen LogP contribution in [0, 0.1) is 17.8 Å². The van der Waals surface area contributed by atoms with Crippen LogP contribution >= 0.6 is 0 Å². The van der Waals surface area contributed by atoms with Gasteiger partial charge in [-0.15, -0.1) is 0 Å². The predicted octanol–water partition coefficient (Wildman–Crippen LogP) is 2.32. The highest BCUT2D eigenvalue weighted by Crippen LogP contribution is 2.52. The van der Waals surface area contributed by atoms with Crippen molar-refractivity contribution in [2.24, 2.45) is 17.8 Å². The van der Waals surface area contributed by atoms with Crippen LogP contribution in [0.2, 0.25) is 0 Å². The molecule has 1 unspecified atom stereocenters. The monoisotopic (exact) mass is 162 g/mol. The number of carbonyl (C=O) groups excluding carboxylic acids is 1. The van der Waals surface area contributed by atoms with E-state index >= 15 is 0 Å². The molecule has 12 heavy (non-hydrogen) atoms. The van der Waals surface area contributed by atoms with Crippen molar-refractivity contribution < 1.29 is 4.79 Å². The summed E-state index contributed by atoms with van der Waals surface area (Å²) in [7, 11) is 0. The SMILES string of the molecule is O=C1C2=CCCC2[C@@H]2CCC[C@H]12. The minimum atomic E-state index is 0.446. The summed E-state index contributed by atoms with van der Waals surface area (Å²) >= 11 is 0. The predicted molar refractivity (Wildman–Crippen MR) is 46.6 cm³/mol. The van der Waals surface area contributed by atoms with E-state index in [0.29, 0.717) is 17.6 Å². The number of hydrogen-bond donors (Lipinski definition) is 0. The van der Waals surface area contributed by atoms with Gasteiger partial charge in [-0.2, -0.15) is 0 Å². The molecule has 1 nitrogen and oxygen atoms in total. The van der Waals surface area contributed by atoms with Gasteiger partial charge >= 0.3 is 0 Å². The third kappa shape index (κ3) is 0.675. The van der Waals surface area contributed by atoms with E-state index in [4.69, 9.17) is 0 Å². The number of carbonyl (C=O) groups is 1. The van der Waals surface area contributed by atoms with Crippen LogP contribution in [0.5, 0.6) is 0 Å². The molecule has 0 amide bonds. The fraction of sp³-hybridized carbons (Fsp3) is 0.727. The zero-order valence-corrected chi connectivity index (χ0v) is 7.25. The summed E-state index contributed by atoms with van der Waals surface area (Å²) < 4.78 is 0. The Morgan fingerprint density at radius 2 is 2.08 bits per heavy atom. The number of hydrogen-bond acceptors (Lipinski definition) is 1. The molecule has 0 aromatic carbocycles. The third-order valence-corrected chi connectivity index (χ3v) is 3.95. The van der Waals surface area contributed by atoms with Crippen molar-refractivity contribution in [2.45, 2.75) is 32.1 Å². The van der Waals surface area contributed by atoms with Crippen LogP contribution in [0.15, 0.2) is 11.6 Å². The largest absolute Gasteiger partial charge is 0.294 e.